The molecule has 2 aromatic carbocycles. The molecule has 0 radical (unpaired) electrons. The molecule has 0 bridgehead atoms. The Kier molecular flexibility index (Phi) is 2.60. The average Bonchev–Trinajstić information content (AvgIpc) is 2.29. The first-order chi connectivity index (χ1) is 7.68. The summed E-state index contributed by atoms with van der Waals surface area (Å²) >= 11 is 0. The fourth-order valence-corrected chi connectivity index (χ4v) is 1.54. The molecule has 0 aromatic heterocycles. The molecule has 2 rings (SSSR count). The summed E-state index contributed by atoms with van der Waals surface area (Å²) in [5, 5.41) is 0. The van der Waals surface area contributed by atoms with Crippen LogP contribution in [0.3, 0.4) is 0 Å². The van der Waals surface area contributed by atoms with Crippen LogP contribution in [0, 0.1) is 0 Å². The smallest absolute Gasteiger partial charge is 0.195 e. The Morgan fingerprint density at radius 1 is 0.938 bits per heavy atom. The topological polar surface area (TPSA) is 69.1 Å². The summed E-state index contributed by atoms with van der Waals surface area (Å²) in [5.74, 6) is -0.106. The second-order valence-electron chi connectivity index (χ2n) is 3.54. The number of nitrogens with two attached hydrogens (primary N) is 2. The van der Waals surface area contributed by atoms with E-state index in [1.165, 1.54) is 0 Å². The van der Waals surface area contributed by atoms with Crippen molar-refractivity contribution in [2.24, 2.45) is 0 Å². The van der Waals surface area contributed by atoms with Crippen molar-refractivity contribution in [2.75, 3.05) is 11.5 Å². The van der Waals surface area contributed by atoms with Crippen molar-refractivity contribution in [2.45, 2.75) is 0 Å². The van der Waals surface area contributed by atoms with Gasteiger partial charge in [-0.15, -0.1) is 0 Å². The van der Waals surface area contributed by atoms with Crippen LogP contribution in [-0.4, -0.2) is 5.78 Å². The first kappa shape index (κ1) is 10.2. The van der Waals surface area contributed by atoms with Crippen LogP contribution in [0.5, 0.6) is 0 Å². The Morgan fingerprint density at radius 2 is 1.69 bits per heavy atom. The number of hydrogen-bond acceptors (Lipinski definition) is 3. The van der Waals surface area contributed by atoms with Crippen molar-refractivity contribution >= 4 is 17.2 Å². The number of carbonyl (C=O) groups is 1. The first-order valence-corrected chi connectivity index (χ1v) is 4.93. The first-order valence-electron chi connectivity index (χ1n) is 4.93. The number of carbonyl (C=O) groups excluding carboxylic acids is 1. The quantitative estimate of drug-likeness (QED) is 0.591. The summed E-state index contributed by atoms with van der Waals surface area (Å²) in [6.07, 6.45) is 0. The molecule has 0 aliphatic heterocycles. The number of benzene rings is 2. The van der Waals surface area contributed by atoms with Gasteiger partial charge in [0.2, 0.25) is 0 Å². The maximum absolute atomic E-state index is 12.1. The van der Waals surface area contributed by atoms with Gasteiger partial charge in [-0.3, -0.25) is 4.79 Å². The third-order valence-electron chi connectivity index (χ3n) is 2.35. The molecule has 0 saturated carbocycles. The maximum atomic E-state index is 12.1. The van der Waals surface area contributed by atoms with Crippen molar-refractivity contribution < 1.29 is 4.79 Å². The molecule has 0 spiro atoms. The molecule has 0 aliphatic carbocycles. The second kappa shape index (κ2) is 4.06. The van der Waals surface area contributed by atoms with E-state index in [-0.39, 0.29) is 5.78 Å². The summed E-state index contributed by atoms with van der Waals surface area (Å²) in [4.78, 5) is 12.1. The standard InChI is InChI=1S/C13H12N2O/c14-10-5-3-4-9(8-10)13(16)11-6-1-2-7-12(11)15/h1-8H,14-15H2. The monoisotopic (exact) mass is 212 g/mol. The molecule has 0 amide bonds. The molecule has 0 aliphatic rings. The highest BCUT2D eigenvalue weighted by Crippen LogP contribution is 2.17. The third kappa shape index (κ3) is 1.88. The normalized spacial score (nSPS) is 10.0. The summed E-state index contributed by atoms with van der Waals surface area (Å²) in [6.45, 7) is 0. The van der Waals surface area contributed by atoms with Crippen molar-refractivity contribution in [3.8, 4) is 0 Å². The van der Waals surface area contributed by atoms with Gasteiger partial charge in [-0.05, 0) is 24.3 Å². The Balaban J connectivity index is 2.44. The molecule has 3 nitrogen and oxygen atoms in total. The fourth-order valence-electron chi connectivity index (χ4n) is 1.54. The Labute approximate surface area is 93.7 Å². The van der Waals surface area contributed by atoms with Crippen LogP contribution in [0.25, 0.3) is 0 Å². The summed E-state index contributed by atoms with van der Waals surface area (Å²) in [7, 11) is 0. The zero-order valence-corrected chi connectivity index (χ0v) is 8.68. The molecule has 0 fully saturated rings. The van der Waals surface area contributed by atoms with E-state index >= 15 is 0 Å². The van der Waals surface area contributed by atoms with E-state index in [0.717, 1.165) is 0 Å². The van der Waals surface area contributed by atoms with Crippen LogP contribution in [-0.2, 0) is 0 Å². The lowest BCUT2D eigenvalue weighted by molar-refractivity contribution is 0.103. The molecule has 80 valence electrons. The Morgan fingerprint density at radius 3 is 2.38 bits per heavy atom. The summed E-state index contributed by atoms with van der Waals surface area (Å²) < 4.78 is 0. The minimum absolute atomic E-state index is 0.106. The SMILES string of the molecule is Nc1cccc(C(=O)c2ccccc2N)c1. The Hall–Kier alpha value is -2.29. The molecule has 0 unspecified atom stereocenters. The lowest BCUT2D eigenvalue weighted by Crippen LogP contribution is -2.05. The molecule has 2 aromatic rings. The van der Waals surface area contributed by atoms with Gasteiger partial charge >= 0.3 is 0 Å². The van der Waals surface area contributed by atoms with Gasteiger partial charge in [0.05, 0.1) is 0 Å². The van der Waals surface area contributed by atoms with E-state index in [9.17, 15) is 4.79 Å². The molecule has 0 atom stereocenters. The van der Waals surface area contributed by atoms with E-state index in [2.05, 4.69) is 0 Å². The number of nitrogen functional groups attached to an aromatic ring is 2. The molecule has 4 N–H and O–H groups in total. The fraction of sp³-hybridized carbons (Fsp3) is 0. The maximum Gasteiger partial charge on any atom is 0.195 e. The van der Waals surface area contributed by atoms with Crippen LogP contribution < -0.4 is 11.5 Å². The van der Waals surface area contributed by atoms with Crippen molar-refractivity contribution in [1.82, 2.24) is 0 Å². The largest absolute Gasteiger partial charge is 0.399 e. The van der Waals surface area contributed by atoms with E-state index in [4.69, 9.17) is 11.5 Å². The molecular formula is C13H12N2O. The van der Waals surface area contributed by atoms with E-state index in [1.54, 1.807) is 48.5 Å². The van der Waals surface area contributed by atoms with Crippen LogP contribution in [0.2, 0.25) is 0 Å². The molecular weight excluding hydrogens is 200 g/mol. The summed E-state index contributed by atoms with van der Waals surface area (Å²) in [5.41, 5.74) is 13.5. The molecule has 16 heavy (non-hydrogen) atoms. The zero-order valence-electron chi connectivity index (χ0n) is 8.68. The number of anilines is 2. The van der Waals surface area contributed by atoms with E-state index < -0.39 is 0 Å². The van der Waals surface area contributed by atoms with Crippen LogP contribution in [0.4, 0.5) is 11.4 Å². The predicted octanol–water partition coefficient (Wildman–Crippen LogP) is 2.08. The van der Waals surface area contributed by atoms with Crippen LogP contribution in [0.1, 0.15) is 15.9 Å². The van der Waals surface area contributed by atoms with Crippen molar-refractivity contribution in [3.63, 3.8) is 0 Å². The van der Waals surface area contributed by atoms with Gasteiger partial charge in [0.15, 0.2) is 5.78 Å². The number of rotatable bonds is 2. The minimum atomic E-state index is -0.106. The molecule has 0 saturated heterocycles. The van der Waals surface area contributed by atoms with Gasteiger partial charge in [0.25, 0.3) is 0 Å². The minimum Gasteiger partial charge on any atom is -0.399 e. The van der Waals surface area contributed by atoms with Gasteiger partial charge in [-0.25, -0.2) is 0 Å². The zero-order chi connectivity index (χ0) is 11.5. The van der Waals surface area contributed by atoms with Crippen molar-refractivity contribution in [1.29, 1.82) is 0 Å². The Bertz CT molecular complexity index is 535. The van der Waals surface area contributed by atoms with Gasteiger partial charge in [-0.2, -0.15) is 0 Å². The third-order valence-corrected chi connectivity index (χ3v) is 2.35. The lowest BCUT2D eigenvalue weighted by atomic mass is 10.0. The lowest BCUT2D eigenvalue weighted by Gasteiger charge is -2.04. The number of hydrogen-bond donors (Lipinski definition) is 2. The second-order valence-corrected chi connectivity index (χ2v) is 3.54. The molecule has 3 heteroatoms. The predicted molar refractivity (Wildman–Crippen MR) is 65.1 cm³/mol. The number of para-hydroxylation sites is 1. The van der Waals surface area contributed by atoms with Crippen LogP contribution in [0.15, 0.2) is 48.5 Å². The van der Waals surface area contributed by atoms with Gasteiger partial charge in [0.1, 0.15) is 0 Å². The van der Waals surface area contributed by atoms with Gasteiger partial charge in [0, 0.05) is 22.5 Å². The summed E-state index contributed by atoms with van der Waals surface area (Å²) in [6, 6.07) is 13.9. The van der Waals surface area contributed by atoms with E-state index in [0.29, 0.717) is 22.5 Å². The highest BCUT2D eigenvalue weighted by Gasteiger charge is 2.11. The van der Waals surface area contributed by atoms with Gasteiger partial charge < -0.3 is 11.5 Å². The highest BCUT2D eigenvalue weighted by molar-refractivity contribution is 6.12. The average molecular weight is 212 g/mol. The van der Waals surface area contributed by atoms with Gasteiger partial charge in [-0.1, -0.05) is 24.3 Å². The molecule has 0 heterocycles. The number of ketones is 1. The van der Waals surface area contributed by atoms with E-state index in [1.807, 2.05) is 0 Å². The highest BCUT2D eigenvalue weighted by atomic mass is 16.1. The van der Waals surface area contributed by atoms with Crippen molar-refractivity contribution in [3.05, 3.63) is 59.7 Å². The van der Waals surface area contributed by atoms with Crippen LogP contribution >= 0.6 is 0 Å².